The van der Waals surface area contributed by atoms with E-state index in [1.54, 1.807) is 4.90 Å². The zero-order valence-electron chi connectivity index (χ0n) is 9.96. The zero-order valence-corrected chi connectivity index (χ0v) is 9.96. The molecule has 0 aromatic heterocycles. The number of carbonyl (C=O) groups excluding carboxylic acids is 1. The molecule has 0 bridgehead atoms. The minimum atomic E-state index is -1.02. The monoisotopic (exact) mass is 242 g/mol. The smallest absolute Gasteiger partial charge is 0.334 e. The van der Waals surface area contributed by atoms with Crippen LogP contribution in [0, 0.1) is 0 Å². The number of hydrogen-bond donors (Lipinski definition) is 1. The van der Waals surface area contributed by atoms with Crippen LogP contribution in [0.4, 0.5) is 4.79 Å². The van der Waals surface area contributed by atoms with Crippen molar-refractivity contribution in [2.24, 2.45) is 0 Å². The van der Waals surface area contributed by atoms with Crippen LogP contribution in [0.2, 0.25) is 0 Å². The van der Waals surface area contributed by atoms with Crippen molar-refractivity contribution in [3.63, 3.8) is 0 Å². The van der Waals surface area contributed by atoms with Gasteiger partial charge in [0.1, 0.15) is 0 Å². The summed E-state index contributed by atoms with van der Waals surface area (Å²) < 4.78 is 4.86. The van der Waals surface area contributed by atoms with Crippen molar-refractivity contribution >= 4 is 12.0 Å². The molecule has 6 nitrogen and oxygen atoms in total. The maximum atomic E-state index is 12.0. The fraction of sp³-hybridized carbons (Fsp3) is 0.818. The topological polar surface area (TPSA) is 70.1 Å². The van der Waals surface area contributed by atoms with Gasteiger partial charge in [-0.15, -0.1) is 0 Å². The second kappa shape index (κ2) is 4.91. The molecule has 0 aliphatic carbocycles. The summed E-state index contributed by atoms with van der Waals surface area (Å²) in [6.45, 7) is 1.56. The molecule has 2 rings (SSSR count). The summed E-state index contributed by atoms with van der Waals surface area (Å²) in [5.74, 6) is -1.02. The van der Waals surface area contributed by atoms with Crippen molar-refractivity contribution in [2.75, 3.05) is 26.7 Å². The minimum absolute atomic E-state index is 0.0435. The van der Waals surface area contributed by atoms with E-state index in [9.17, 15) is 9.59 Å². The quantitative estimate of drug-likeness (QED) is 0.773. The molecule has 2 amide bonds. The molecule has 2 aliphatic rings. The third-order valence-corrected chi connectivity index (χ3v) is 3.52. The summed E-state index contributed by atoms with van der Waals surface area (Å²) in [6, 6.07) is 0.223. The highest BCUT2D eigenvalue weighted by atomic mass is 16.5. The van der Waals surface area contributed by atoms with Crippen molar-refractivity contribution in [1.82, 2.24) is 9.80 Å². The SMILES string of the molecule is COC(CN1C[C@@H]2CCCCN2C1=O)C(=O)O. The van der Waals surface area contributed by atoms with Crippen molar-refractivity contribution in [3.05, 3.63) is 0 Å². The van der Waals surface area contributed by atoms with Crippen LogP contribution >= 0.6 is 0 Å². The van der Waals surface area contributed by atoms with Crippen molar-refractivity contribution in [2.45, 2.75) is 31.4 Å². The summed E-state index contributed by atoms with van der Waals surface area (Å²) in [5.41, 5.74) is 0. The lowest BCUT2D eigenvalue weighted by Gasteiger charge is -2.27. The van der Waals surface area contributed by atoms with Crippen LogP contribution in [0.5, 0.6) is 0 Å². The average Bonchev–Trinajstić information content (AvgIpc) is 2.63. The van der Waals surface area contributed by atoms with Gasteiger partial charge < -0.3 is 19.6 Å². The number of carboxylic acids is 1. The number of aliphatic carboxylic acids is 1. The van der Waals surface area contributed by atoms with E-state index >= 15 is 0 Å². The lowest BCUT2D eigenvalue weighted by Crippen LogP contribution is -2.41. The molecule has 0 aromatic rings. The number of fused-ring (bicyclic) bond motifs is 1. The molecule has 2 saturated heterocycles. The van der Waals surface area contributed by atoms with Crippen molar-refractivity contribution in [1.29, 1.82) is 0 Å². The van der Waals surface area contributed by atoms with Gasteiger partial charge in [0.15, 0.2) is 6.10 Å². The molecule has 0 spiro atoms. The number of piperidine rings is 1. The Hall–Kier alpha value is -1.30. The van der Waals surface area contributed by atoms with Gasteiger partial charge >= 0.3 is 12.0 Å². The molecule has 2 atom stereocenters. The van der Waals surface area contributed by atoms with Crippen LogP contribution in [0.3, 0.4) is 0 Å². The number of rotatable bonds is 4. The van der Waals surface area contributed by atoms with Crippen LogP contribution in [0.25, 0.3) is 0 Å². The third-order valence-electron chi connectivity index (χ3n) is 3.52. The van der Waals surface area contributed by atoms with Gasteiger partial charge in [0.25, 0.3) is 0 Å². The first-order chi connectivity index (χ1) is 8.13. The van der Waals surface area contributed by atoms with Gasteiger partial charge in [-0.05, 0) is 19.3 Å². The number of urea groups is 1. The van der Waals surface area contributed by atoms with E-state index in [2.05, 4.69) is 0 Å². The van der Waals surface area contributed by atoms with Gasteiger partial charge in [0.2, 0.25) is 0 Å². The summed E-state index contributed by atoms with van der Waals surface area (Å²) in [6.07, 6.45) is 2.28. The van der Waals surface area contributed by atoms with Crippen LogP contribution in [-0.2, 0) is 9.53 Å². The zero-order chi connectivity index (χ0) is 12.4. The highest BCUT2D eigenvalue weighted by Crippen LogP contribution is 2.25. The fourth-order valence-corrected chi connectivity index (χ4v) is 2.56. The Balaban J connectivity index is 1.98. The molecule has 2 heterocycles. The summed E-state index contributed by atoms with van der Waals surface area (Å²) in [7, 11) is 1.35. The Morgan fingerprint density at radius 2 is 2.35 bits per heavy atom. The fourth-order valence-electron chi connectivity index (χ4n) is 2.56. The second-order valence-corrected chi connectivity index (χ2v) is 4.59. The molecular weight excluding hydrogens is 224 g/mol. The second-order valence-electron chi connectivity index (χ2n) is 4.59. The van der Waals surface area contributed by atoms with Crippen LogP contribution in [0.1, 0.15) is 19.3 Å². The highest BCUT2D eigenvalue weighted by molar-refractivity contribution is 5.79. The van der Waals surface area contributed by atoms with Crippen LogP contribution in [0.15, 0.2) is 0 Å². The first-order valence-corrected chi connectivity index (χ1v) is 5.94. The number of hydrogen-bond acceptors (Lipinski definition) is 3. The van der Waals surface area contributed by atoms with Crippen LogP contribution < -0.4 is 0 Å². The summed E-state index contributed by atoms with van der Waals surface area (Å²) in [5, 5.41) is 8.90. The van der Waals surface area contributed by atoms with Gasteiger partial charge in [-0.25, -0.2) is 9.59 Å². The Kier molecular flexibility index (Phi) is 3.51. The predicted molar refractivity (Wildman–Crippen MR) is 59.7 cm³/mol. The van der Waals surface area contributed by atoms with E-state index < -0.39 is 12.1 Å². The average molecular weight is 242 g/mol. The maximum absolute atomic E-state index is 12.0. The Bertz CT molecular complexity index is 321. The van der Waals surface area contributed by atoms with Crippen molar-refractivity contribution in [3.8, 4) is 0 Å². The third kappa shape index (κ3) is 2.36. The number of carboxylic acid groups (broad SMARTS) is 1. The largest absolute Gasteiger partial charge is 0.479 e. The number of nitrogens with zero attached hydrogens (tertiary/aromatic N) is 2. The number of carbonyl (C=O) groups is 2. The number of amides is 2. The van der Waals surface area contributed by atoms with Gasteiger partial charge in [-0.1, -0.05) is 0 Å². The van der Waals surface area contributed by atoms with E-state index in [1.165, 1.54) is 7.11 Å². The standard InChI is InChI=1S/C11H18N2O4/c1-17-9(10(14)15)7-12-6-8-4-2-3-5-13(8)11(12)16/h8-9H,2-7H2,1H3,(H,14,15)/t8-,9?/m0/s1. The van der Waals surface area contributed by atoms with Crippen LogP contribution in [-0.4, -0.2) is 65.8 Å². The van der Waals surface area contributed by atoms with Gasteiger partial charge in [-0.2, -0.15) is 0 Å². The number of ether oxygens (including phenoxy) is 1. The molecule has 1 N–H and O–H groups in total. The molecule has 6 heteroatoms. The maximum Gasteiger partial charge on any atom is 0.334 e. The van der Waals surface area contributed by atoms with Crippen molar-refractivity contribution < 1.29 is 19.4 Å². The Labute approximate surface area is 100 Å². The molecule has 0 saturated carbocycles. The molecule has 1 unspecified atom stereocenters. The Morgan fingerprint density at radius 1 is 1.59 bits per heavy atom. The van der Waals surface area contributed by atoms with E-state index in [0.717, 1.165) is 25.8 Å². The highest BCUT2D eigenvalue weighted by Gasteiger charge is 2.39. The molecule has 17 heavy (non-hydrogen) atoms. The van der Waals surface area contributed by atoms with Gasteiger partial charge in [0, 0.05) is 20.2 Å². The lowest BCUT2D eigenvalue weighted by atomic mass is 10.0. The predicted octanol–water partition coefficient (Wildman–Crippen LogP) is 0.376. The first kappa shape index (κ1) is 12.2. The first-order valence-electron chi connectivity index (χ1n) is 5.94. The normalized spacial score (nSPS) is 25.9. The van der Waals surface area contributed by atoms with E-state index in [-0.39, 0.29) is 18.6 Å². The molecule has 96 valence electrons. The molecule has 0 aromatic carbocycles. The lowest BCUT2D eigenvalue weighted by molar-refractivity contribution is -0.149. The summed E-state index contributed by atoms with van der Waals surface area (Å²) in [4.78, 5) is 26.3. The Morgan fingerprint density at radius 3 is 2.94 bits per heavy atom. The minimum Gasteiger partial charge on any atom is -0.479 e. The van der Waals surface area contributed by atoms with E-state index in [0.29, 0.717) is 6.54 Å². The van der Waals surface area contributed by atoms with Gasteiger partial charge in [0.05, 0.1) is 12.6 Å². The summed E-state index contributed by atoms with van der Waals surface area (Å²) >= 11 is 0. The molecule has 0 radical (unpaired) electrons. The number of methoxy groups -OCH3 is 1. The molecular formula is C11H18N2O4. The molecule has 2 fully saturated rings. The van der Waals surface area contributed by atoms with E-state index in [1.807, 2.05) is 4.90 Å². The van der Waals surface area contributed by atoms with E-state index in [4.69, 9.17) is 9.84 Å². The van der Waals surface area contributed by atoms with Gasteiger partial charge in [-0.3, -0.25) is 0 Å². The molecule has 2 aliphatic heterocycles.